The number of piperidine rings is 1. The van der Waals surface area contributed by atoms with Crippen molar-refractivity contribution in [1.29, 1.82) is 0 Å². The number of likely N-dealkylation sites (tertiary alicyclic amines) is 1. The van der Waals surface area contributed by atoms with E-state index in [1.54, 1.807) is 7.11 Å². The molecule has 1 heterocycles. The van der Waals surface area contributed by atoms with Crippen LogP contribution in [0.4, 0.5) is 0 Å². The van der Waals surface area contributed by atoms with Gasteiger partial charge in [0, 0.05) is 19.7 Å². The number of benzene rings is 1. The number of rotatable bonds is 6. The van der Waals surface area contributed by atoms with E-state index in [1.807, 2.05) is 0 Å². The van der Waals surface area contributed by atoms with E-state index >= 15 is 0 Å². The summed E-state index contributed by atoms with van der Waals surface area (Å²) in [4.78, 5) is 2.56. The fraction of sp³-hybridized carbons (Fsp3) is 0.667. The Bertz CT molecular complexity index is 425. The summed E-state index contributed by atoms with van der Waals surface area (Å²) >= 11 is 0. The molecular weight excluding hydrogens is 260 g/mol. The van der Waals surface area contributed by atoms with Gasteiger partial charge >= 0.3 is 0 Å². The summed E-state index contributed by atoms with van der Waals surface area (Å²) in [5.41, 5.74) is 8.72. The predicted molar refractivity (Wildman–Crippen MR) is 88.1 cm³/mol. The molecule has 118 valence electrons. The molecule has 0 saturated carbocycles. The minimum atomic E-state index is 0.324. The van der Waals surface area contributed by atoms with Gasteiger partial charge in [0.15, 0.2) is 0 Å². The van der Waals surface area contributed by atoms with Gasteiger partial charge in [0.05, 0.1) is 6.61 Å². The van der Waals surface area contributed by atoms with Crippen molar-refractivity contribution < 1.29 is 4.74 Å². The highest BCUT2D eigenvalue weighted by Crippen LogP contribution is 2.31. The molecule has 2 rings (SSSR count). The van der Waals surface area contributed by atoms with E-state index in [1.165, 1.54) is 24.0 Å². The van der Waals surface area contributed by atoms with E-state index in [-0.39, 0.29) is 0 Å². The van der Waals surface area contributed by atoms with E-state index < -0.39 is 0 Å². The van der Waals surface area contributed by atoms with Crippen LogP contribution in [0, 0.1) is 11.8 Å². The number of nitrogens with zero attached hydrogens (tertiary/aromatic N) is 1. The Balaban J connectivity index is 2.10. The van der Waals surface area contributed by atoms with E-state index in [0.29, 0.717) is 19.2 Å². The van der Waals surface area contributed by atoms with Crippen molar-refractivity contribution in [3.63, 3.8) is 0 Å². The van der Waals surface area contributed by atoms with E-state index in [2.05, 4.69) is 43.0 Å². The summed E-state index contributed by atoms with van der Waals surface area (Å²) in [7, 11) is 1.75. The fourth-order valence-corrected chi connectivity index (χ4v) is 3.52. The van der Waals surface area contributed by atoms with Crippen molar-refractivity contribution in [1.82, 2.24) is 4.90 Å². The smallest absolute Gasteiger partial charge is 0.0716 e. The average Bonchev–Trinajstić information content (AvgIpc) is 2.50. The van der Waals surface area contributed by atoms with Crippen LogP contribution in [-0.2, 0) is 11.3 Å². The van der Waals surface area contributed by atoms with Gasteiger partial charge < -0.3 is 10.5 Å². The first kappa shape index (κ1) is 16.5. The maximum Gasteiger partial charge on any atom is 0.0716 e. The van der Waals surface area contributed by atoms with Gasteiger partial charge in [0.2, 0.25) is 0 Å². The molecule has 1 aromatic carbocycles. The first-order valence-electron chi connectivity index (χ1n) is 8.18. The lowest BCUT2D eigenvalue weighted by Crippen LogP contribution is -2.41. The van der Waals surface area contributed by atoms with Crippen molar-refractivity contribution in [3.05, 3.63) is 35.4 Å². The van der Waals surface area contributed by atoms with Gasteiger partial charge in [-0.3, -0.25) is 4.90 Å². The molecule has 1 fully saturated rings. The van der Waals surface area contributed by atoms with Crippen LogP contribution >= 0.6 is 0 Å². The Kier molecular flexibility index (Phi) is 6.22. The van der Waals surface area contributed by atoms with Crippen LogP contribution in [0.5, 0.6) is 0 Å². The van der Waals surface area contributed by atoms with E-state index in [4.69, 9.17) is 10.5 Å². The van der Waals surface area contributed by atoms with Crippen molar-refractivity contribution in [2.45, 2.75) is 39.3 Å². The molecule has 1 aliphatic rings. The van der Waals surface area contributed by atoms with Gasteiger partial charge in [-0.1, -0.05) is 38.1 Å². The number of methoxy groups -OCH3 is 1. The predicted octanol–water partition coefficient (Wildman–Crippen LogP) is 3.20. The maximum absolute atomic E-state index is 6.11. The minimum absolute atomic E-state index is 0.324. The van der Waals surface area contributed by atoms with E-state index in [0.717, 1.165) is 24.9 Å². The molecule has 1 aliphatic heterocycles. The van der Waals surface area contributed by atoms with Gasteiger partial charge in [-0.2, -0.15) is 0 Å². The van der Waals surface area contributed by atoms with Crippen LogP contribution in [0.15, 0.2) is 24.3 Å². The van der Waals surface area contributed by atoms with Crippen LogP contribution in [0.25, 0.3) is 0 Å². The quantitative estimate of drug-likeness (QED) is 0.874. The largest absolute Gasteiger partial charge is 0.380 e. The Morgan fingerprint density at radius 2 is 1.90 bits per heavy atom. The Morgan fingerprint density at radius 3 is 2.48 bits per heavy atom. The SMILES string of the molecule is COCc1ccccc1C(CN)N1CCC(C(C)C)CC1. The van der Waals surface area contributed by atoms with Crippen molar-refractivity contribution >= 4 is 0 Å². The molecule has 1 aromatic rings. The lowest BCUT2D eigenvalue weighted by atomic mass is 9.85. The zero-order valence-corrected chi connectivity index (χ0v) is 13.7. The number of nitrogens with two attached hydrogens (primary N) is 1. The molecule has 0 aromatic heterocycles. The molecule has 0 aliphatic carbocycles. The third-order valence-corrected chi connectivity index (χ3v) is 4.89. The molecular formula is C18H30N2O. The second-order valence-corrected chi connectivity index (χ2v) is 6.50. The normalized spacial score (nSPS) is 19.1. The summed E-state index contributed by atoms with van der Waals surface area (Å²) in [5, 5.41) is 0. The summed E-state index contributed by atoms with van der Waals surface area (Å²) in [6.07, 6.45) is 2.58. The Labute approximate surface area is 129 Å². The lowest BCUT2D eigenvalue weighted by molar-refractivity contribution is 0.115. The summed E-state index contributed by atoms with van der Waals surface area (Å²) in [5.74, 6) is 1.66. The summed E-state index contributed by atoms with van der Waals surface area (Å²) in [6.45, 7) is 8.34. The zero-order chi connectivity index (χ0) is 15.2. The summed E-state index contributed by atoms with van der Waals surface area (Å²) < 4.78 is 5.34. The van der Waals surface area contributed by atoms with Crippen molar-refractivity contribution in [2.24, 2.45) is 17.6 Å². The first-order valence-corrected chi connectivity index (χ1v) is 8.18. The lowest BCUT2D eigenvalue weighted by Gasteiger charge is -2.39. The van der Waals surface area contributed by atoms with Gasteiger partial charge in [0.1, 0.15) is 0 Å². The second-order valence-electron chi connectivity index (χ2n) is 6.50. The third kappa shape index (κ3) is 4.06. The van der Waals surface area contributed by atoms with Crippen LogP contribution in [0.2, 0.25) is 0 Å². The maximum atomic E-state index is 6.11. The van der Waals surface area contributed by atoms with E-state index in [9.17, 15) is 0 Å². The van der Waals surface area contributed by atoms with Gasteiger partial charge in [-0.25, -0.2) is 0 Å². The number of ether oxygens (including phenoxy) is 1. The highest BCUT2D eigenvalue weighted by Gasteiger charge is 2.27. The highest BCUT2D eigenvalue weighted by atomic mass is 16.5. The van der Waals surface area contributed by atoms with Crippen LogP contribution < -0.4 is 5.73 Å². The topological polar surface area (TPSA) is 38.5 Å². The standard InChI is InChI=1S/C18H30N2O/c1-14(2)15-8-10-20(11-9-15)18(12-19)17-7-5-4-6-16(17)13-21-3/h4-7,14-15,18H,8-13,19H2,1-3H3. The molecule has 1 atom stereocenters. The van der Waals surface area contributed by atoms with Crippen LogP contribution in [-0.4, -0.2) is 31.6 Å². The zero-order valence-electron chi connectivity index (χ0n) is 13.7. The van der Waals surface area contributed by atoms with Gasteiger partial charge in [-0.15, -0.1) is 0 Å². The molecule has 0 spiro atoms. The molecule has 0 amide bonds. The van der Waals surface area contributed by atoms with Crippen molar-refractivity contribution in [3.8, 4) is 0 Å². The first-order chi connectivity index (χ1) is 10.2. The number of hydrogen-bond acceptors (Lipinski definition) is 3. The highest BCUT2D eigenvalue weighted by molar-refractivity contribution is 5.30. The average molecular weight is 290 g/mol. The third-order valence-electron chi connectivity index (χ3n) is 4.89. The monoisotopic (exact) mass is 290 g/mol. The van der Waals surface area contributed by atoms with Gasteiger partial charge in [-0.05, 0) is 48.9 Å². The van der Waals surface area contributed by atoms with Crippen LogP contribution in [0.3, 0.4) is 0 Å². The van der Waals surface area contributed by atoms with Gasteiger partial charge in [0.25, 0.3) is 0 Å². The van der Waals surface area contributed by atoms with Crippen LogP contribution in [0.1, 0.15) is 43.9 Å². The minimum Gasteiger partial charge on any atom is -0.380 e. The molecule has 21 heavy (non-hydrogen) atoms. The molecule has 3 heteroatoms. The molecule has 0 bridgehead atoms. The fourth-order valence-electron chi connectivity index (χ4n) is 3.52. The molecule has 0 radical (unpaired) electrons. The Morgan fingerprint density at radius 1 is 1.24 bits per heavy atom. The molecule has 1 unspecified atom stereocenters. The molecule has 2 N–H and O–H groups in total. The molecule has 1 saturated heterocycles. The molecule has 3 nitrogen and oxygen atoms in total. The Hall–Kier alpha value is -0.900. The van der Waals surface area contributed by atoms with Crippen molar-refractivity contribution in [2.75, 3.05) is 26.7 Å². The number of hydrogen-bond donors (Lipinski definition) is 1. The summed E-state index contributed by atoms with van der Waals surface area (Å²) in [6, 6.07) is 8.88. The second kappa shape index (κ2) is 7.92.